The van der Waals surface area contributed by atoms with Crippen LogP contribution in [0.1, 0.15) is 19.4 Å². The quantitative estimate of drug-likeness (QED) is 0.822. The number of carboxylic acid groups (broad SMARTS) is 1. The van der Waals surface area contributed by atoms with Gasteiger partial charge in [0.2, 0.25) is 0 Å². The molecule has 0 saturated heterocycles. The van der Waals surface area contributed by atoms with Crippen LogP contribution in [-0.4, -0.2) is 27.7 Å². The van der Waals surface area contributed by atoms with E-state index in [2.05, 4.69) is 10.3 Å². The van der Waals surface area contributed by atoms with E-state index in [9.17, 15) is 9.59 Å². The number of nitrogens with zero attached hydrogens (tertiary/aromatic N) is 1. The number of carboxylic acids is 1. The molecule has 0 aliphatic heterocycles. The standard InChI is InChI=1S/C11H14N2O4/c1-11(2,9(14)15)13-10(16)17-7-8-3-5-12-6-4-8/h3-6H,7H2,1-2H3,(H,13,16)(H,14,15). The number of pyridine rings is 1. The molecule has 6 nitrogen and oxygen atoms in total. The highest BCUT2D eigenvalue weighted by molar-refractivity contribution is 5.83. The van der Waals surface area contributed by atoms with Gasteiger partial charge in [-0.05, 0) is 31.5 Å². The van der Waals surface area contributed by atoms with Crippen LogP contribution in [0.25, 0.3) is 0 Å². The number of amides is 1. The fourth-order valence-corrected chi connectivity index (χ4v) is 0.973. The van der Waals surface area contributed by atoms with E-state index in [1.165, 1.54) is 13.8 Å². The van der Waals surface area contributed by atoms with Crippen LogP contribution in [0.4, 0.5) is 4.79 Å². The highest BCUT2D eigenvalue weighted by Crippen LogP contribution is 2.04. The monoisotopic (exact) mass is 238 g/mol. The van der Waals surface area contributed by atoms with Crippen molar-refractivity contribution in [3.05, 3.63) is 30.1 Å². The van der Waals surface area contributed by atoms with E-state index < -0.39 is 17.6 Å². The predicted molar refractivity (Wildman–Crippen MR) is 59.3 cm³/mol. The molecule has 0 atom stereocenters. The first kappa shape index (κ1) is 13.0. The van der Waals surface area contributed by atoms with Crippen LogP contribution < -0.4 is 5.32 Å². The summed E-state index contributed by atoms with van der Waals surface area (Å²) in [4.78, 5) is 25.9. The third-order valence-electron chi connectivity index (χ3n) is 2.07. The molecule has 1 heterocycles. The molecule has 17 heavy (non-hydrogen) atoms. The third-order valence-corrected chi connectivity index (χ3v) is 2.07. The molecule has 0 aromatic carbocycles. The predicted octanol–water partition coefficient (Wildman–Crippen LogP) is 1.17. The van der Waals surface area contributed by atoms with Gasteiger partial charge in [0.1, 0.15) is 12.1 Å². The van der Waals surface area contributed by atoms with E-state index in [0.717, 1.165) is 5.56 Å². The molecule has 2 N–H and O–H groups in total. The van der Waals surface area contributed by atoms with Crippen LogP contribution >= 0.6 is 0 Å². The molecule has 1 aromatic rings. The Bertz CT molecular complexity index is 403. The molecule has 0 fully saturated rings. The largest absolute Gasteiger partial charge is 0.480 e. The lowest BCUT2D eigenvalue weighted by Crippen LogP contribution is -2.49. The summed E-state index contributed by atoms with van der Waals surface area (Å²) in [5, 5.41) is 11.0. The first-order chi connectivity index (χ1) is 7.92. The van der Waals surface area contributed by atoms with E-state index >= 15 is 0 Å². The van der Waals surface area contributed by atoms with Gasteiger partial charge in [0.05, 0.1) is 0 Å². The lowest BCUT2D eigenvalue weighted by Gasteiger charge is -2.20. The normalized spacial score (nSPS) is 10.7. The molecule has 0 saturated carbocycles. The highest BCUT2D eigenvalue weighted by Gasteiger charge is 2.29. The molecule has 1 rings (SSSR count). The van der Waals surface area contributed by atoms with Crippen LogP contribution in [-0.2, 0) is 16.1 Å². The van der Waals surface area contributed by atoms with Crippen LogP contribution in [0.2, 0.25) is 0 Å². The van der Waals surface area contributed by atoms with Gasteiger partial charge in [0, 0.05) is 12.4 Å². The van der Waals surface area contributed by atoms with Gasteiger partial charge in [-0.15, -0.1) is 0 Å². The van der Waals surface area contributed by atoms with Crippen molar-refractivity contribution < 1.29 is 19.4 Å². The van der Waals surface area contributed by atoms with Gasteiger partial charge < -0.3 is 15.2 Å². The molecular weight excluding hydrogens is 224 g/mol. The maximum absolute atomic E-state index is 11.3. The zero-order valence-corrected chi connectivity index (χ0v) is 9.64. The number of hydrogen-bond donors (Lipinski definition) is 2. The number of aromatic nitrogens is 1. The van der Waals surface area contributed by atoms with Gasteiger partial charge in [-0.1, -0.05) is 0 Å². The molecule has 92 valence electrons. The number of alkyl carbamates (subject to hydrolysis) is 1. The van der Waals surface area contributed by atoms with Crippen molar-refractivity contribution in [1.29, 1.82) is 0 Å². The molecule has 1 amide bonds. The number of carbonyl (C=O) groups excluding carboxylic acids is 1. The lowest BCUT2D eigenvalue weighted by atomic mass is 10.1. The Kier molecular flexibility index (Phi) is 4.03. The molecule has 6 heteroatoms. The Hall–Kier alpha value is -2.11. The average Bonchev–Trinajstić information content (AvgIpc) is 2.27. The number of aliphatic carboxylic acids is 1. The minimum absolute atomic E-state index is 0.0735. The van der Waals surface area contributed by atoms with Crippen molar-refractivity contribution in [2.75, 3.05) is 0 Å². The van der Waals surface area contributed by atoms with Crippen LogP contribution in [0.15, 0.2) is 24.5 Å². The van der Waals surface area contributed by atoms with Crippen molar-refractivity contribution in [2.45, 2.75) is 26.0 Å². The zero-order valence-electron chi connectivity index (χ0n) is 9.64. The maximum Gasteiger partial charge on any atom is 0.408 e. The van der Waals surface area contributed by atoms with Crippen LogP contribution in [0.5, 0.6) is 0 Å². The summed E-state index contributed by atoms with van der Waals surface area (Å²) in [7, 11) is 0. The van der Waals surface area contributed by atoms with E-state index in [-0.39, 0.29) is 6.61 Å². The molecular formula is C11H14N2O4. The second kappa shape index (κ2) is 5.29. The first-order valence-electron chi connectivity index (χ1n) is 4.99. The molecule has 0 bridgehead atoms. The minimum atomic E-state index is -1.35. The third kappa shape index (κ3) is 4.10. The topological polar surface area (TPSA) is 88.5 Å². The number of hydrogen-bond acceptors (Lipinski definition) is 4. The van der Waals surface area contributed by atoms with Gasteiger partial charge in [-0.3, -0.25) is 4.98 Å². The molecule has 0 radical (unpaired) electrons. The number of carbonyl (C=O) groups is 2. The van der Waals surface area contributed by atoms with E-state index in [1.54, 1.807) is 24.5 Å². The van der Waals surface area contributed by atoms with Gasteiger partial charge in [0.25, 0.3) is 0 Å². The summed E-state index contributed by atoms with van der Waals surface area (Å²) in [6.45, 7) is 2.83. The Morgan fingerprint density at radius 1 is 1.41 bits per heavy atom. The van der Waals surface area contributed by atoms with E-state index in [0.29, 0.717) is 0 Å². The van der Waals surface area contributed by atoms with Gasteiger partial charge >= 0.3 is 12.1 Å². The number of nitrogens with one attached hydrogen (secondary N) is 1. The van der Waals surface area contributed by atoms with Gasteiger partial charge in [-0.2, -0.15) is 0 Å². The average molecular weight is 238 g/mol. The lowest BCUT2D eigenvalue weighted by molar-refractivity contribution is -0.143. The second-order valence-electron chi connectivity index (χ2n) is 3.99. The van der Waals surface area contributed by atoms with Crippen LogP contribution in [0, 0.1) is 0 Å². The van der Waals surface area contributed by atoms with Gasteiger partial charge in [0.15, 0.2) is 0 Å². The number of rotatable bonds is 4. The smallest absolute Gasteiger partial charge is 0.408 e. The Morgan fingerprint density at radius 2 is 2.00 bits per heavy atom. The van der Waals surface area contributed by atoms with E-state index in [4.69, 9.17) is 9.84 Å². The summed E-state index contributed by atoms with van der Waals surface area (Å²) in [5.74, 6) is -1.13. The summed E-state index contributed by atoms with van der Waals surface area (Å²) < 4.78 is 4.87. The Morgan fingerprint density at radius 3 is 2.53 bits per heavy atom. The van der Waals surface area contributed by atoms with Gasteiger partial charge in [-0.25, -0.2) is 9.59 Å². The first-order valence-corrected chi connectivity index (χ1v) is 4.99. The van der Waals surface area contributed by atoms with Crippen molar-refractivity contribution >= 4 is 12.1 Å². The van der Waals surface area contributed by atoms with Crippen molar-refractivity contribution in [3.8, 4) is 0 Å². The highest BCUT2D eigenvalue weighted by atomic mass is 16.5. The summed E-state index contributed by atoms with van der Waals surface area (Å²) in [5.41, 5.74) is -0.571. The molecule has 1 aromatic heterocycles. The molecule has 0 aliphatic carbocycles. The second-order valence-corrected chi connectivity index (χ2v) is 3.99. The Labute approximate surface area is 98.6 Å². The summed E-state index contributed by atoms with van der Waals surface area (Å²) in [6.07, 6.45) is 2.39. The summed E-state index contributed by atoms with van der Waals surface area (Å²) in [6, 6.07) is 3.41. The van der Waals surface area contributed by atoms with Crippen molar-refractivity contribution in [3.63, 3.8) is 0 Å². The molecule has 0 unspecified atom stereocenters. The van der Waals surface area contributed by atoms with Crippen LogP contribution in [0.3, 0.4) is 0 Å². The van der Waals surface area contributed by atoms with Crippen molar-refractivity contribution in [1.82, 2.24) is 10.3 Å². The molecule has 0 aliphatic rings. The zero-order chi connectivity index (χ0) is 12.9. The maximum atomic E-state index is 11.3. The minimum Gasteiger partial charge on any atom is -0.480 e. The molecule has 0 spiro atoms. The van der Waals surface area contributed by atoms with E-state index in [1.807, 2.05) is 0 Å². The van der Waals surface area contributed by atoms with Crippen molar-refractivity contribution in [2.24, 2.45) is 0 Å². The summed E-state index contributed by atoms with van der Waals surface area (Å²) >= 11 is 0. The fraction of sp³-hybridized carbons (Fsp3) is 0.364. The fourth-order valence-electron chi connectivity index (χ4n) is 0.973. The Balaban J connectivity index is 2.44. The number of ether oxygens (including phenoxy) is 1. The SMILES string of the molecule is CC(C)(NC(=O)OCc1ccncc1)C(=O)O.